The number of ether oxygens (including phenoxy) is 1. The number of nitrogens with one attached hydrogen (secondary N) is 2. The summed E-state index contributed by atoms with van der Waals surface area (Å²) < 4.78 is 11.3. The molecule has 0 fully saturated rings. The minimum Gasteiger partial charge on any atom is -0.488 e. The van der Waals surface area contributed by atoms with E-state index in [-0.39, 0.29) is 25.5 Å². The van der Waals surface area contributed by atoms with Crippen molar-refractivity contribution < 1.29 is 24.0 Å². The maximum absolute atomic E-state index is 12.7. The predicted molar refractivity (Wildman–Crippen MR) is 116 cm³/mol. The third-order valence-electron chi connectivity index (χ3n) is 4.80. The van der Waals surface area contributed by atoms with Gasteiger partial charge in [-0.2, -0.15) is 0 Å². The molecular formula is C24H26N2O5. The van der Waals surface area contributed by atoms with Crippen molar-refractivity contribution in [2.45, 2.75) is 32.2 Å². The van der Waals surface area contributed by atoms with Gasteiger partial charge in [-0.05, 0) is 42.8 Å². The standard InChI is InChI=1S/C24H26N2O5/c27-23(26-29)14-3-1-2-9-19(24(28)25-16-20-11-7-15-30-20)17-31-22-13-6-10-18-8-4-5-12-21(18)22/h4-13,15,29H,1-3,14,16-17H2,(H,25,28)(H,26,27). The lowest BCUT2D eigenvalue weighted by Crippen LogP contribution is -2.27. The number of amides is 2. The maximum Gasteiger partial charge on any atom is 0.250 e. The molecule has 0 radical (unpaired) electrons. The highest BCUT2D eigenvalue weighted by Gasteiger charge is 2.12. The number of furan rings is 1. The first-order chi connectivity index (χ1) is 15.2. The number of rotatable bonds is 11. The number of benzene rings is 2. The summed E-state index contributed by atoms with van der Waals surface area (Å²) in [5, 5.41) is 13.4. The van der Waals surface area contributed by atoms with Gasteiger partial charge in [-0.15, -0.1) is 0 Å². The molecule has 0 aliphatic rings. The number of fused-ring (bicyclic) bond motifs is 1. The fourth-order valence-electron chi connectivity index (χ4n) is 3.15. The van der Waals surface area contributed by atoms with E-state index in [1.807, 2.05) is 48.5 Å². The first kappa shape index (κ1) is 22.1. The molecule has 2 aromatic carbocycles. The van der Waals surface area contributed by atoms with E-state index in [0.29, 0.717) is 36.3 Å². The normalized spacial score (nSPS) is 11.3. The molecule has 3 N–H and O–H groups in total. The predicted octanol–water partition coefficient (Wildman–Crippen LogP) is 4.12. The Morgan fingerprint density at radius 2 is 1.87 bits per heavy atom. The summed E-state index contributed by atoms with van der Waals surface area (Å²) >= 11 is 0. The maximum atomic E-state index is 12.7. The lowest BCUT2D eigenvalue weighted by molar-refractivity contribution is -0.129. The van der Waals surface area contributed by atoms with Crippen LogP contribution >= 0.6 is 0 Å². The van der Waals surface area contributed by atoms with Crippen LogP contribution in [0.4, 0.5) is 0 Å². The molecule has 0 unspecified atom stereocenters. The highest BCUT2D eigenvalue weighted by Crippen LogP contribution is 2.25. The molecule has 0 saturated carbocycles. The molecule has 0 atom stereocenters. The van der Waals surface area contributed by atoms with Gasteiger partial charge in [0, 0.05) is 11.8 Å². The zero-order valence-electron chi connectivity index (χ0n) is 17.2. The van der Waals surface area contributed by atoms with Gasteiger partial charge in [-0.25, -0.2) is 5.48 Å². The molecule has 7 heteroatoms. The van der Waals surface area contributed by atoms with Crippen LogP contribution in [0.1, 0.15) is 31.4 Å². The van der Waals surface area contributed by atoms with E-state index < -0.39 is 5.91 Å². The molecule has 1 heterocycles. The van der Waals surface area contributed by atoms with Crippen LogP contribution in [-0.2, 0) is 16.1 Å². The van der Waals surface area contributed by atoms with Crippen LogP contribution in [0.2, 0.25) is 0 Å². The van der Waals surface area contributed by atoms with E-state index in [1.165, 1.54) is 0 Å². The summed E-state index contributed by atoms with van der Waals surface area (Å²) in [5.74, 6) is 0.726. The Morgan fingerprint density at radius 1 is 1.03 bits per heavy atom. The van der Waals surface area contributed by atoms with Crippen LogP contribution < -0.4 is 15.5 Å². The molecular weight excluding hydrogens is 396 g/mol. The quantitative estimate of drug-likeness (QED) is 0.187. The van der Waals surface area contributed by atoms with E-state index in [4.69, 9.17) is 14.4 Å². The Balaban J connectivity index is 1.64. The molecule has 0 saturated heterocycles. The van der Waals surface area contributed by atoms with E-state index in [1.54, 1.807) is 23.9 Å². The number of unbranched alkanes of at least 4 members (excludes halogenated alkanes) is 2. The molecule has 3 rings (SSSR count). The summed E-state index contributed by atoms with van der Waals surface area (Å²) in [5.41, 5.74) is 2.12. The smallest absolute Gasteiger partial charge is 0.250 e. The summed E-state index contributed by atoms with van der Waals surface area (Å²) in [6.45, 7) is 0.406. The fraction of sp³-hybridized carbons (Fsp3) is 0.250. The number of carbonyl (C=O) groups is 2. The Morgan fingerprint density at radius 3 is 2.68 bits per heavy atom. The van der Waals surface area contributed by atoms with Gasteiger partial charge in [0.05, 0.1) is 18.4 Å². The van der Waals surface area contributed by atoms with Crippen LogP contribution in [0.3, 0.4) is 0 Å². The van der Waals surface area contributed by atoms with Gasteiger partial charge < -0.3 is 14.5 Å². The van der Waals surface area contributed by atoms with Gasteiger partial charge >= 0.3 is 0 Å². The number of hydroxylamine groups is 1. The molecule has 31 heavy (non-hydrogen) atoms. The van der Waals surface area contributed by atoms with Crippen molar-refractivity contribution in [2.75, 3.05) is 6.61 Å². The summed E-state index contributed by atoms with van der Waals surface area (Å²) in [7, 11) is 0. The lowest BCUT2D eigenvalue weighted by Gasteiger charge is -2.12. The summed E-state index contributed by atoms with van der Waals surface area (Å²) in [4.78, 5) is 23.9. The molecule has 3 aromatic rings. The van der Waals surface area contributed by atoms with Crippen LogP contribution in [0.25, 0.3) is 10.8 Å². The number of hydrogen-bond acceptors (Lipinski definition) is 5. The Kier molecular flexibility index (Phi) is 8.25. The Bertz CT molecular complexity index is 1020. The third-order valence-corrected chi connectivity index (χ3v) is 4.80. The van der Waals surface area contributed by atoms with Crippen molar-refractivity contribution in [3.63, 3.8) is 0 Å². The van der Waals surface area contributed by atoms with Gasteiger partial charge in [-0.3, -0.25) is 14.8 Å². The zero-order valence-corrected chi connectivity index (χ0v) is 17.2. The first-order valence-electron chi connectivity index (χ1n) is 10.2. The SMILES string of the molecule is O=C(CCCCC=C(COc1cccc2ccccc12)C(=O)NCc1ccco1)NO. The number of allylic oxidation sites excluding steroid dienone is 1. The molecule has 7 nitrogen and oxygen atoms in total. The zero-order chi connectivity index (χ0) is 21.9. The van der Waals surface area contributed by atoms with E-state index in [2.05, 4.69) is 5.32 Å². The van der Waals surface area contributed by atoms with Crippen LogP contribution in [0, 0.1) is 0 Å². The summed E-state index contributed by atoms with van der Waals surface area (Å²) in [6, 6.07) is 17.3. The van der Waals surface area contributed by atoms with Crippen molar-refractivity contribution in [1.82, 2.24) is 10.8 Å². The topological polar surface area (TPSA) is 101 Å². The molecule has 0 bridgehead atoms. The highest BCUT2D eigenvalue weighted by atomic mass is 16.5. The lowest BCUT2D eigenvalue weighted by atomic mass is 10.1. The second-order valence-electron chi connectivity index (χ2n) is 7.04. The molecule has 0 spiro atoms. The van der Waals surface area contributed by atoms with Crippen molar-refractivity contribution in [3.8, 4) is 5.75 Å². The minimum absolute atomic E-state index is 0.120. The monoisotopic (exact) mass is 422 g/mol. The van der Waals surface area contributed by atoms with Crippen molar-refractivity contribution in [2.24, 2.45) is 0 Å². The van der Waals surface area contributed by atoms with E-state index >= 15 is 0 Å². The van der Waals surface area contributed by atoms with Crippen LogP contribution in [0.5, 0.6) is 5.75 Å². The van der Waals surface area contributed by atoms with Gasteiger partial charge in [-0.1, -0.05) is 42.5 Å². The highest BCUT2D eigenvalue weighted by molar-refractivity contribution is 5.94. The molecule has 0 aliphatic carbocycles. The molecule has 1 aromatic heterocycles. The largest absolute Gasteiger partial charge is 0.488 e. The van der Waals surface area contributed by atoms with Gasteiger partial charge in [0.1, 0.15) is 18.1 Å². The molecule has 2 amide bonds. The van der Waals surface area contributed by atoms with Crippen molar-refractivity contribution >= 4 is 22.6 Å². The van der Waals surface area contributed by atoms with E-state index in [9.17, 15) is 9.59 Å². The fourth-order valence-corrected chi connectivity index (χ4v) is 3.15. The Hall–Kier alpha value is -3.58. The molecule has 0 aliphatic heterocycles. The summed E-state index contributed by atoms with van der Waals surface area (Å²) in [6.07, 6.45) is 5.55. The van der Waals surface area contributed by atoms with Crippen LogP contribution in [-0.4, -0.2) is 23.6 Å². The molecule has 162 valence electrons. The van der Waals surface area contributed by atoms with Crippen molar-refractivity contribution in [3.05, 3.63) is 78.3 Å². The van der Waals surface area contributed by atoms with E-state index in [0.717, 1.165) is 10.8 Å². The average Bonchev–Trinajstić information content (AvgIpc) is 3.32. The second-order valence-corrected chi connectivity index (χ2v) is 7.04. The minimum atomic E-state index is -0.417. The van der Waals surface area contributed by atoms with Crippen LogP contribution in [0.15, 0.2) is 76.9 Å². The van der Waals surface area contributed by atoms with Gasteiger partial charge in [0.2, 0.25) is 5.91 Å². The first-order valence-corrected chi connectivity index (χ1v) is 10.2. The number of carbonyl (C=O) groups excluding carboxylic acids is 2. The average molecular weight is 422 g/mol. The van der Waals surface area contributed by atoms with Gasteiger partial charge in [0.15, 0.2) is 0 Å². The van der Waals surface area contributed by atoms with Gasteiger partial charge in [0.25, 0.3) is 5.91 Å². The third kappa shape index (κ3) is 6.72. The Labute approximate surface area is 180 Å². The second kappa shape index (κ2) is 11.6. The van der Waals surface area contributed by atoms with Crippen molar-refractivity contribution in [1.29, 1.82) is 0 Å². The number of hydrogen-bond donors (Lipinski definition) is 3.